The Morgan fingerprint density at radius 2 is 2.33 bits per heavy atom. The molecule has 5 nitrogen and oxygen atoms in total. The van der Waals surface area contributed by atoms with Crippen molar-refractivity contribution in [2.24, 2.45) is 0 Å². The first-order valence-corrected chi connectivity index (χ1v) is 6.08. The Labute approximate surface area is 112 Å². The Morgan fingerprint density at radius 3 is 3.00 bits per heavy atom. The lowest BCUT2D eigenvalue weighted by atomic mass is 10.3. The molecule has 0 spiro atoms. The van der Waals surface area contributed by atoms with E-state index in [1.54, 1.807) is 4.57 Å². The maximum atomic E-state index is 10.6. The molecule has 1 N–H and O–H groups in total. The number of carboxylic acid groups (broad SMARTS) is 1. The summed E-state index contributed by atoms with van der Waals surface area (Å²) >= 11 is 3.36. The second kappa shape index (κ2) is 5.68. The van der Waals surface area contributed by atoms with Crippen LogP contribution in [0.25, 0.3) is 0 Å². The topological polar surface area (TPSA) is 64.3 Å². The minimum absolute atomic E-state index is 0.0393. The van der Waals surface area contributed by atoms with Crippen molar-refractivity contribution in [3.05, 3.63) is 47.0 Å². The van der Waals surface area contributed by atoms with Crippen LogP contribution in [0, 0.1) is 0 Å². The quantitative estimate of drug-likeness (QED) is 0.921. The van der Waals surface area contributed by atoms with Gasteiger partial charge in [-0.25, -0.2) is 9.78 Å². The minimum atomic E-state index is -1.03. The molecule has 2 aromatic rings. The molecule has 0 bridgehead atoms. The fraction of sp³-hybridized carbons (Fsp3) is 0.167. The van der Waals surface area contributed by atoms with Crippen molar-refractivity contribution in [2.75, 3.05) is 6.61 Å². The summed E-state index contributed by atoms with van der Waals surface area (Å²) in [5.41, 5.74) is 0.0393. The van der Waals surface area contributed by atoms with Gasteiger partial charge in [-0.15, -0.1) is 0 Å². The predicted octanol–water partition coefficient (Wildman–Crippen LogP) is 2.42. The zero-order chi connectivity index (χ0) is 13.0. The minimum Gasteiger partial charge on any atom is -0.492 e. The van der Waals surface area contributed by atoms with E-state index in [1.807, 2.05) is 24.3 Å². The van der Waals surface area contributed by atoms with Crippen molar-refractivity contribution in [3.63, 3.8) is 0 Å². The van der Waals surface area contributed by atoms with E-state index in [1.165, 1.54) is 12.5 Å². The Balaban J connectivity index is 1.86. The van der Waals surface area contributed by atoms with Crippen molar-refractivity contribution in [1.29, 1.82) is 0 Å². The monoisotopic (exact) mass is 310 g/mol. The van der Waals surface area contributed by atoms with Gasteiger partial charge in [0.05, 0.1) is 12.9 Å². The van der Waals surface area contributed by atoms with Crippen molar-refractivity contribution in [2.45, 2.75) is 6.54 Å². The average molecular weight is 311 g/mol. The number of ether oxygens (including phenoxy) is 1. The second-order valence-corrected chi connectivity index (χ2v) is 4.52. The molecule has 0 aliphatic rings. The van der Waals surface area contributed by atoms with E-state index in [0.717, 1.165) is 10.2 Å². The standard InChI is InChI=1S/C12H11BrN2O3/c13-9-2-1-3-10(6-9)18-5-4-15-7-11(12(16)17)14-8-15/h1-3,6-8H,4-5H2,(H,16,17). The van der Waals surface area contributed by atoms with Gasteiger partial charge in [0, 0.05) is 10.7 Å². The Morgan fingerprint density at radius 1 is 1.50 bits per heavy atom. The molecule has 0 amide bonds. The van der Waals surface area contributed by atoms with Crippen molar-refractivity contribution >= 4 is 21.9 Å². The molecule has 0 aliphatic heterocycles. The number of carboxylic acids is 1. The lowest BCUT2D eigenvalue weighted by Gasteiger charge is -2.06. The van der Waals surface area contributed by atoms with Gasteiger partial charge in [0.2, 0.25) is 0 Å². The largest absolute Gasteiger partial charge is 0.492 e. The summed E-state index contributed by atoms with van der Waals surface area (Å²) in [5.74, 6) is -0.260. The summed E-state index contributed by atoms with van der Waals surface area (Å²) in [6.07, 6.45) is 2.96. The molecular weight excluding hydrogens is 300 g/mol. The molecular formula is C12H11BrN2O3. The highest BCUT2D eigenvalue weighted by atomic mass is 79.9. The van der Waals surface area contributed by atoms with Crippen molar-refractivity contribution in [1.82, 2.24) is 9.55 Å². The highest BCUT2D eigenvalue weighted by molar-refractivity contribution is 9.10. The Kier molecular flexibility index (Phi) is 3.99. The third-order valence-electron chi connectivity index (χ3n) is 2.27. The van der Waals surface area contributed by atoms with Gasteiger partial charge < -0.3 is 14.4 Å². The van der Waals surface area contributed by atoms with Gasteiger partial charge in [-0.3, -0.25) is 0 Å². The number of carbonyl (C=O) groups is 1. The Hall–Kier alpha value is -1.82. The molecule has 0 radical (unpaired) electrons. The molecule has 18 heavy (non-hydrogen) atoms. The molecule has 1 aromatic heterocycles. The Bertz CT molecular complexity index is 554. The van der Waals surface area contributed by atoms with E-state index >= 15 is 0 Å². The third-order valence-corrected chi connectivity index (χ3v) is 2.76. The normalized spacial score (nSPS) is 10.3. The number of rotatable bonds is 5. The third kappa shape index (κ3) is 3.33. The van der Waals surface area contributed by atoms with E-state index in [4.69, 9.17) is 9.84 Å². The number of hydrogen-bond donors (Lipinski definition) is 1. The van der Waals surface area contributed by atoms with E-state index in [9.17, 15) is 4.79 Å². The van der Waals surface area contributed by atoms with Crippen molar-refractivity contribution < 1.29 is 14.6 Å². The summed E-state index contributed by atoms with van der Waals surface area (Å²) in [5, 5.41) is 8.72. The first kappa shape index (κ1) is 12.6. The van der Waals surface area contributed by atoms with Gasteiger partial charge in [0.15, 0.2) is 5.69 Å². The summed E-state index contributed by atoms with van der Waals surface area (Å²) in [4.78, 5) is 14.4. The van der Waals surface area contributed by atoms with E-state index in [2.05, 4.69) is 20.9 Å². The zero-order valence-corrected chi connectivity index (χ0v) is 11.0. The number of aromatic carboxylic acids is 1. The van der Waals surface area contributed by atoms with Crippen LogP contribution in [0.2, 0.25) is 0 Å². The van der Waals surface area contributed by atoms with Gasteiger partial charge in [0.1, 0.15) is 12.4 Å². The van der Waals surface area contributed by atoms with Crippen LogP contribution in [0.3, 0.4) is 0 Å². The highest BCUT2D eigenvalue weighted by Crippen LogP contribution is 2.17. The molecule has 2 rings (SSSR count). The van der Waals surface area contributed by atoms with Crippen molar-refractivity contribution in [3.8, 4) is 5.75 Å². The van der Waals surface area contributed by atoms with Crippen LogP contribution in [0.15, 0.2) is 41.3 Å². The average Bonchev–Trinajstić information content (AvgIpc) is 2.78. The smallest absolute Gasteiger partial charge is 0.356 e. The SMILES string of the molecule is O=C(O)c1cn(CCOc2cccc(Br)c2)cn1. The van der Waals surface area contributed by atoms with Crippen LogP contribution in [0.5, 0.6) is 5.75 Å². The molecule has 0 fully saturated rings. The molecule has 1 aromatic carbocycles. The molecule has 0 saturated carbocycles. The second-order valence-electron chi connectivity index (χ2n) is 3.61. The number of nitrogens with zero attached hydrogens (tertiary/aromatic N) is 2. The number of hydrogen-bond acceptors (Lipinski definition) is 3. The van der Waals surface area contributed by atoms with Crippen LogP contribution >= 0.6 is 15.9 Å². The number of halogens is 1. The molecule has 94 valence electrons. The molecule has 1 heterocycles. The van der Waals surface area contributed by atoms with Gasteiger partial charge >= 0.3 is 5.97 Å². The van der Waals surface area contributed by atoms with Gasteiger partial charge in [0.25, 0.3) is 0 Å². The van der Waals surface area contributed by atoms with Crippen LogP contribution < -0.4 is 4.74 Å². The van der Waals surface area contributed by atoms with Crippen LogP contribution in [0.1, 0.15) is 10.5 Å². The number of aromatic nitrogens is 2. The summed E-state index contributed by atoms with van der Waals surface area (Å²) in [6.45, 7) is 0.999. The highest BCUT2D eigenvalue weighted by Gasteiger charge is 2.06. The number of imidazole rings is 1. The summed E-state index contributed by atoms with van der Waals surface area (Å²) in [7, 11) is 0. The fourth-order valence-electron chi connectivity index (χ4n) is 1.42. The molecule has 0 unspecified atom stereocenters. The van der Waals surface area contributed by atoms with E-state index in [-0.39, 0.29) is 5.69 Å². The maximum absolute atomic E-state index is 10.6. The molecule has 0 atom stereocenters. The van der Waals surface area contributed by atoms with E-state index in [0.29, 0.717) is 13.2 Å². The lowest BCUT2D eigenvalue weighted by Crippen LogP contribution is -2.06. The summed E-state index contributed by atoms with van der Waals surface area (Å²) in [6, 6.07) is 7.54. The zero-order valence-electron chi connectivity index (χ0n) is 9.41. The van der Waals surface area contributed by atoms with Gasteiger partial charge in [-0.05, 0) is 18.2 Å². The van der Waals surface area contributed by atoms with Crippen LogP contribution in [0.4, 0.5) is 0 Å². The van der Waals surface area contributed by atoms with Gasteiger partial charge in [-0.2, -0.15) is 0 Å². The number of benzene rings is 1. The molecule has 6 heteroatoms. The van der Waals surface area contributed by atoms with Gasteiger partial charge in [-0.1, -0.05) is 22.0 Å². The lowest BCUT2D eigenvalue weighted by molar-refractivity contribution is 0.0691. The fourth-order valence-corrected chi connectivity index (χ4v) is 1.80. The van der Waals surface area contributed by atoms with Crippen LogP contribution in [-0.2, 0) is 6.54 Å². The first-order valence-electron chi connectivity index (χ1n) is 5.28. The van der Waals surface area contributed by atoms with Crippen LogP contribution in [-0.4, -0.2) is 27.2 Å². The first-order chi connectivity index (χ1) is 8.65. The molecule has 0 saturated heterocycles. The van der Waals surface area contributed by atoms with E-state index < -0.39 is 5.97 Å². The predicted molar refractivity (Wildman–Crippen MR) is 68.8 cm³/mol. The maximum Gasteiger partial charge on any atom is 0.356 e. The molecule has 0 aliphatic carbocycles. The summed E-state index contributed by atoms with van der Waals surface area (Å²) < 4.78 is 8.17.